The Balaban J connectivity index is 1.26. The van der Waals surface area contributed by atoms with Gasteiger partial charge in [-0.25, -0.2) is 9.59 Å². The van der Waals surface area contributed by atoms with E-state index in [-0.39, 0.29) is 21.4 Å². The molecule has 6 nitrogen and oxygen atoms in total. The summed E-state index contributed by atoms with van der Waals surface area (Å²) in [7, 11) is 0. The molecule has 0 atom stereocenters. The van der Waals surface area contributed by atoms with Crippen LogP contribution < -0.4 is 0 Å². The Morgan fingerprint density at radius 2 is 0.800 bits per heavy atom. The van der Waals surface area contributed by atoms with Crippen molar-refractivity contribution in [3.05, 3.63) is 68.5 Å². The number of esters is 2. The molecule has 0 aromatic heterocycles. The van der Waals surface area contributed by atoms with Crippen molar-refractivity contribution < 1.29 is 28.7 Å². The molecule has 50 heavy (non-hydrogen) atoms. The fraction of sp³-hybridized carbons (Fsp3) is 0.571. The van der Waals surface area contributed by atoms with Crippen LogP contribution in [-0.4, -0.2) is 36.7 Å². The van der Waals surface area contributed by atoms with Crippen LogP contribution >= 0.6 is 23.5 Å². The number of benzene rings is 2. The lowest BCUT2D eigenvalue weighted by molar-refractivity contribution is 0.0484. The summed E-state index contributed by atoms with van der Waals surface area (Å²) in [6.07, 6.45) is 24.0. The van der Waals surface area contributed by atoms with E-state index in [2.05, 4.69) is 13.8 Å². The van der Waals surface area contributed by atoms with Gasteiger partial charge in [-0.05, 0) is 37.1 Å². The third-order valence-corrected chi connectivity index (χ3v) is 12.1. The molecule has 2 aromatic rings. The number of carbonyl (C=O) groups excluding carboxylic acids is 4. The predicted octanol–water partition coefficient (Wildman–Crippen LogP) is 12.3. The Kier molecular flexibility index (Phi) is 17.7. The highest BCUT2D eigenvalue weighted by atomic mass is 32.2. The second-order valence-electron chi connectivity index (χ2n) is 13.5. The Bertz CT molecular complexity index is 1370. The molecule has 8 heteroatoms. The van der Waals surface area contributed by atoms with E-state index in [1.54, 1.807) is 36.4 Å². The first-order chi connectivity index (χ1) is 24.5. The number of allylic oxidation sites excluding steroid dienone is 2. The van der Waals surface area contributed by atoms with Crippen molar-refractivity contribution in [2.45, 2.75) is 152 Å². The Morgan fingerprint density at radius 1 is 0.480 bits per heavy atom. The van der Waals surface area contributed by atoms with Gasteiger partial charge in [0.05, 0.1) is 34.2 Å². The van der Waals surface area contributed by atoms with Gasteiger partial charge in [0, 0.05) is 20.9 Å². The zero-order valence-corrected chi connectivity index (χ0v) is 31.9. The van der Waals surface area contributed by atoms with Gasteiger partial charge in [-0.1, -0.05) is 165 Å². The van der Waals surface area contributed by atoms with Crippen LogP contribution in [0.15, 0.2) is 56.0 Å². The molecule has 0 bridgehead atoms. The van der Waals surface area contributed by atoms with Gasteiger partial charge in [0.25, 0.3) is 0 Å². The van der Waals surface area contributed by atoms with Gasteiger partial charge in [0.2, 0.25) is 11.6 Å². The van der Waals surface area contributed by atoms with Crippen LogP contribution in [0.2, 0.25) is 0 Å². The highest BCUT2D eigenvalue weighted by Crippen LogP contribution is 2.51. The predicted molar refractivity (Wildman–Crippen MR) is 205 cm³/mol. The third-order valence-electron chi connectivity index (χ3n) is 9.45. The highest BCUT2D eigenvalue weighted by molar-refractivity contribution is 8.08. The molecule has 0 radical (unpaired) electrons. The molecule has 2 aromatic carbocycles. The molecule has 0 spiro atoms. The van der Waals surface area contributed by atoms with Gasteiger partial charge in [-0.15, -0.1) is 0 Å². The van der Waals surface area contributed by atoms with Gasteiger partial charge in [0.1, 0.15) is 0 Å². The molecule has 0 N–H and O–H groups in total. The van der Waals surface area contributed by atoms with Crippen LogP contribution in [0.5, 0.6) is 0 Å². The van der Waals surface area contributed by atoms with Crippen LogP contribution in [0, 0.1) is 0 Å². The zero-order chi connectivity index (χ0) is 35.6. The molecule has 0 amide bonds. The summed E-state index contributed by atoms with van der Waals surface area (Å²) in [6, 6.07) is 10.1. The maximum Gasteiger partial charge on any atom is 0.339 e. The SMILES string of the molecule is CCCCCCCCCCCCOC(=O)c1cccc2c1S/C(=C1/Sc3c(C(=O)OCCCCCCCCCCCC)cccc3C1=O)C2=O. The maximum absolute atomic E-state index is 13.6. The van der Waals surface area contributed by atoms with Gasteiger partial charge in [0.15, 0.2) is 0 Å². The van der Waals surface area contributed by atoms with Crippen molar-refractivity contribution in [1.29, 1.82) is 0 Å². The number of carbonyl (C=O) groups is 4. The molecular formula is C42H56O6S2. The number of Topliss-reactive ketones (excluding diaryl/α,β-unsaturated/α-hetero) is 2. The lowest BCUT2D eigenvalue weighted by Crippen LogP contribution is -2.08. The van der Waals surface area contributed by atoms with Crippen LogP contribution in [0.25, 0.3) is 0 Å². The molecule has 272 valence electrons. The fourth-order valence-electron chi connectivity index (χ4n) is 6.48. The first kappa shape index (κ1) is 39.9. The van der Waals surface area contributed by atoms with Crippen molar-refractivity contribution in [2.75, 3.05) is 13.2 Å². The topological polar surface area (TPSA) is 86.7 Å². The minimum absolute atomic E-state index is 0.283. The van der Waals surface area contributed by atoms with E-state index in [4.69, 9.17) is 9.47 Å². The summed E-state index contributed by atoms with van der Waals surface area (Å²) in [4.78, 5) is 54.9. The van der Waals surface area contributed by atoms with E-state index in [0.717, 1.165) is 62.0 Å². The molecule has 2 aliphatic heterocycles. The van der Waals surface area contributed by atoms with Crippen LogP contribution in [0.4, 0.5) is 0 Å². The van der Waals surface area contributed by atoms with Crippen LogP contribution in [0.3, 0.4) is 0 Å². The average molecular weight is 721 g/mol. The maximum atomic E-state index is 13.6. The summed E-state index contributed by atoms with van der Waals surface area (Å²) in [6.45, 7) is 5.15. The first-order valence-corrected chi connectivity index (χ1v) is 20.9. The molecule has 4 rings (SSSR count). The normalized spacial score (nSPS) is 15.0. The monoisotopic (exact) mass is 720 g/mol. The highest BCUT2D eigenvalue weighted by Gasteiger charge is 2.39. The lowest BCUT2D eigenvalue weighted by atomic mass is 10.0. The number of unbranched alkanes of at least 4 members (excludes halogenated alkanes) is 18. The molecule has 0 saturated heterocycles. The van der Waals surface area contributed by atoms with E-state index >= 15 is 0 Å². The summed E-state index contributed by atoms with van der Waals surface area (Å²) in [5.74, 6) is -1.48. The standard InChI is InChI=1S/C42H56O6S2/c1-3-5-7-9-11-13-15-17-19-21-29-47-41(45)33-27-23-25-31-35(43)39(49-37(31)33)40-36(44)32-26-24-28-34(38(32)50-40)42(46)48-30-22-20-18-16-14-12-10-8-6-4-2/h23-28H,3-22,29-30H2,1-2H3/b40-39+. The Morgan fingerprint density at radius 3 is 1.14 bits per heavy atom. The van der Waals surface area contributed by atoms with Crippen molar-refractivity contribution in [3.8, 4) is 0 Å². The average Bonchev–Trinajstić information content (AvgIpc) is 3.64. The second kappa shape index (κ2) is 22.2. The van der Waals surface area contributed by atoms with Crippen molar-refractivity contribution in [3.63, 3.8) is 0 Å². The number of fused-ring (bicyclic) bond motifs is 2. The van der Waals surface area contributed by atoms with Crippen molar-refractivity contribution in [1.82, 2.24) is 0 Å². The number of ether oxygens (including phenoxy) is 2. The van der Waals surface area contributed by atoms with Gasteiger partial charge in [-0.2, -0.15) is 0 Å². The van der Waals surface area contributed by atoms with E-state index in [9.17, 15) is 19.2 Å². The zero-order valence-electron chi connectivity index (χ0n) is 30.3. The lowest BCUT2D eigenvalue weighted by Gasteiger charge is -2.08. The summed E-state index contributed by atoms with van der Waals surface area (Å²) in [5, 5.41) is 0. The third kappa shape index (κ3) is 11.6. The first-order valence-electron chi connectivity index (χ1n) is 19.3. The summed E-state index contributed by atoms with van der Waals surface area (Å²) < 4.78 is 11.2. The van der Waals surface area contributed by atoms with E-state index in [1.807, 2.05) is 0 Å². The van der Waals surface area contributed by atoms with Gasteiger partial charge >= 0.3 is 11.9 Å². The minimum atomic E-state index is -0.453. The number of hydrogen-bond donors (Lipinski definition) is 0. The molecule has 0 saturated carbocycles. The molecule has 0 fully saturated rings. The largest absolute Gasteiger partial charge is 0.462 e. The van der Waals surface area contributed by atoms with Crippen molar-refractivity contribution in [2.24, 2.45) is 0 Å². The van der Waals surface area contributed by atoms with Crippen molar-refractivity contribution >= 4 is 47.0 Å². The van der Waals surface area contributed by atoms with E-state index in [0.29, 0.717) is 45.3 Å². The van der Waals surface area contributed by atoms with Crippen LogP contribution in [0.1, 0.15) is 184 Å². The minimum Gasteiger partial charge on any atom is -0.462 e. The van der Waals surface area contributed by atoms with Gasteiger partial charge < -0.3 is 9.47 Å². The fourth-order valence-corrected chi connectivity index (χ4v) is 8.98. The number of thioether (sulfide) groups is 2. The molecule has 0 unspecified atom stereocenters. The smallest absolute Gasteiger partial charge is 0.339 e. The molecule has 2 aliphatic rings. The molecule has 0 aliphatic carbocycles. The Labute approximate surface area is 308 Å². The quantitative estimate of drug-likeness (QED) is 0.0602. The number of ketones is 2. The van der Waals surface area contributed by atoms with Crippen LogP contribution in [-0.2, 0) is 9.47 Å². The van der Waals surface area contributed by atoms with Gasteiger partial charge in [-0.3, -0.25) is 9.59 Å². The summed E-state index contributed by atoms with van der Waals surface area (Å²) in [5.41, 5.74) is 1.47. The van der Waals surface area contributed by atoms with E-state index in [1.165, 1.54) is 89.9 Å². The second-order valence-corrected chi connectivity index (χ2v) is 15.6. The Hall–Kier alpha value is -2.84. The molecular weight excluding hydrogens is 665 g/mol. The number of rotatable bonds is 24. The number of hydrogen-bond acceptors (Lipinski definition) is 8. The molecule has 2 heterocycles. The summed E-state index contributed by atoms with van der Waals surface area (Å²) >= 11 is 2.29. The van der Waals surface area contributed by atoms with E-state index < -0.39 is 11.9 Å².